The highest BCUT2D eigenvalue weighted by molar-refractivity contribution is 7.85. The van der Waals surface area contributed by atoms with Crippen molar-refractivity contribution in [3.63, 3.8) is 0 Å². The van der Waals surface area contributed by atoms with Crippen molar-refractivity contribution in [1.29, 1.82) is 0 Å². The number of benzene rings is 3. The van der Waals surface area contributed by atoms with Crippen LogP contribution in [0.1, 0.15) is 27.7 Å². The van der Waals surface area contributed by atoms with Crippen LogP contribution in [0, 0.1) is 0 Å². The number of nitrogens with zero attached hydrogens (tertiary/aromatic N) is 2. The van der Waals surface area contributed by atoms with Gasteiger partial charge in [-0.1, -0.05) is 23.2 Å². The summed E-state index contributed by atoms with van der Waals surface area (Å²) in [6.45, 7) is 11.7. The topological polar surface area (TPSA) is 76.6 Å². The predicted molar refractivity (Wildman–Crippen MR) is 146 cm³/mol. The van der Waals surface area contributed by atoms with Crippen LogP contribution in [0.25, 0.3) is 33.4 Å². The maximum absolute atomic E-state index is 11.9. The Hall–Kier alpha value is -2.58. The van der Waals surface area contributed by atoms with E-state index in [1.54, 1.807) is 0 Å². The first kappa shape index (κ1) is 26.5. The number of hydrogen-bond donors (Lipinski definition) is 0. The molecule has 6 nitrogen and oxygen atoms in total. The average molecular weight is 548 g/mol. The molecule has 2 aromatic rings. The van der Waals surface area contributed by atoms with Gasteiger partial charge in [0, 0.05) is 53.0 Å². The van der Waals surface area contributed by atoms with Crippen LogP contribution >= 0.6 is 23.2 Å². The summed E-state index contributed by atoms with van der Waals surface area (Å²) in [5.74, 6) is 0.598. The quantitative estimate of drug-likeness (QED) is 0.159. The second-order valence-electron chi connectivity index (χ2n) is 8.37. The minimum atomic E-state index is -4.81. The Morgan fingerprint density at radius 3 is 2.22 bits per heavy atom. The molecule has 190 valence electrons. The lowest BCUT2D eigenvalue weighted by Gasteiger charge is -2.23. The third kappa shape index (κ3) is 4.73. The fourth-order valence-corrected chi connectivity index (χ4v) is 6.06. The molecule has 1 heterocycles. The van der Waals surface area contributed by atoms with Gasteiger partial charge in [0.1, 0.15) is 34.6 Å². The van der Waals surface area contributed by atoms with Crippen LogP contribution in [0.2, 0.25) is 10.0 Å². The van der Waals surface area contributed by atoms with Crippen molar-refractivity contribution in [3.05, 3.63) is 63.9 Å². The van der Waals surface area contributed by atoms with E-state index in [1.165, 1.54) is 6.07 Å². The molecule has 0 amide bonds. The predicted octanol–water partition coefficient (Wildman–Crippen LogP) is 6.07. The molecular formula is C27H28Cl2N2O4S. The van der Waals surface area contributed by atoms with E-state index in [1.807, 2.05) is 36.4 Å². The smallest absolute Gasteiger partial charge is 0.203 e. The highest BCUT2D eigenvalue weighted by Crippen LogP contribution is 2.47. The van der Waals surface area contributed by atoms with E-state index in [0.717, 1.165) is 43.3 Å². The normalized spacial score (nSPS) is 11.9. The van der Waals surface area contributed by atoms with Gasteiger partial charge >= 0.3 is 0 Å². The maximum atomic E-state index is 11.9. The fourth-order valence-electron chi connectivity index (χ4n) is 4.66. The standard InChI is InChI=1S/C27H28Cl2N2O4S/c1-5-30(6-2)17-9-11-19-22(15-17)35-23-16-18(31(7-3)8-4)10-12-20(23)25(19)26-21(28)13-14-24(27(26)29)36(32,33)34/h9-16H,5-8H2,1-4H3. The first-order valence-corrected chi connectivity index (χ1v) is 14.1. The van der Waals surface area contributed by atoms with Gasteiger partial charge in [-0.15, -0.1) is 0 Å². The molecule has 2 aliphatic rings. The second-order valence-corrected chi connectivity index (χ2v) is 10.5. The van der Waals surface area contributed by atoms with E-state index >= 15 is 0 Å². The first-order chi connectivity index (χ1) is 17.1. The van der Waals surface area contributed by atoms with Gasteiger partial charge in [-0.2, -0.15) is 0 Å². The largest absolute Gasteiger partial charge is 0.744 e. The van der Waals surface area contributed by atoms with Crippen LogP contribution < -0.4 is 14.8 Å². The first-order valence-electron chi connectivity index (χ1n) is 11.9. The molecule has 0 saturated carbocycles. The van der Waals surface area contributed by atoms with Crippen molar-refractivity contribution < 1.29 is 17.4 Å². The molecule has 0 unspecified atom stereocenters. The number of hydrogen-bond acceptors (Lipinski definition) is 5. The molecule has 0 aromatic heterocycles. The van der Waals surface area contributed by atoms with Crippen molar-refractivity contribution in [3.8, 4) is 22.5 Å². The van der Waals surface area contributed by atoms with Gasteiger partial charge in [0.15, 0.2) is 0 Å². The van der Waals surface area contributed by atoms with E-state index in [0.29, 0.717) is 27.9 Å². The molecule has 0 atom stereocenters. The van der Waals surface area contributed by atoms with Crippen molar-refractivity contribution in [2.75, 3.05) is 31.1 Å². The molecule has 36 heavy (non-hydrogen) atoms. The maximum Gasteiger partial charge on any atom is 0.203 e. The zero-order valence-electron chi connectivity index (χ0n) is 20.6. The minimum Gasteiger partial charge on any atom is -0.744 e. The van der Waals surface area contributed by atoms with E-state index in [4.69, 9.17) is 27.6 Å². The molecule has 1 aliphatic carbocycles. The van der Waals surface area contributed by atoms with Crippen molar-refractivity contribution >= 4 is 50.0 Å². The molecule has 0 saturated heterocycles. The number of halogens is 2. The average Bonchev–Trinajstić information content (AvgIpc) is 2.84. The van der Waals surface area contributed by atoms with Crippen LogP contribution in [0.5, 0.6) is 0 Å². The molecule has 0 bridgehead atoms. The van der Waals surface area contributed by atoms with Crippen LogP contribution in [0.15, 0.2) is 57.8 Å². The van der Waals surface area contributed by atoms with Gasteiger partial charge in [-0.25, -0.2) is 13.0 Å². The number of fused-ring (bicyclic) bond motifs is 2. The van der Waals surface area contributed by atoms with Gasteiger partial charge in [-0.05, 0) is 58.0 Å². The van der Waals surface area contributed by atoms with E-state index in [2.05, 4.69) is 37.2 Å². The van der Waals surface area contributed by atoms with Gasteiger partial charge in [0.05, 0.1) is 21.0 Å². The van der Waals surface area contributed by atoms with Gasteiger partial charge in [0.25, 0.3) is 0 Å². The van der Waals surface area contributed by atoms with E-state index in [-0.39, 0.29) is 15.6 Å². The highest BCUT2D eigenvalue weighted by Gasteiger charge is 2.25. The summed E-state index contributed by atoms with van der Waals surface area (Å²) in [5, 5.41) is 1.74. The molecule has 2 aromatic carbocycles. The SMILES string of the molecule is CCN(CC)c1ccc2c(-c3c(Cl)ccc(S(=O)(=O)[O-])c3Cl)c3ccc(=[N+](CC)CC)cc-3oc2c1. The van der Waals surface area contributed by atoms with E-state index in [9.17, 15) is 13.0 Å². The molecule has 4 rings (SSSR count). The molecule has 0 fully saturated rings. The molecular weight excluding hydrogens is 519 g/mol. The molecule has 0 radical (unpaired) electrons. The molecule has 9 heteroatoms. The zero-order valence-corrected chi connectivity index (χ0v) is 23.0. The Bertz CT molecular complexity index is 1590. The van der Waals surface area contributed by atoms with Crippen molar-refractivity contribution in [2.24, 2.45) is 0 Å². The third-order valence-electron chi connectivity index (χ3n) is 6.52. The van der Waals surface area contributed by atoms with Crippen molar-refractivity contribution in [1.82, 2.24) is 4.58 Å². The van der Waals surface area contributed by atoms with Crippen molar-refractivity contribution in [2.45, 2.75) is 32.6 Å². The molecule has 0 N–H and O–H groups in total. The monoisotopic (exact) mass is 546 g/mol. The summed E-state index contributed by atoms with van der Waals surface area (Å²) in [6, 6.07) is 14.3. The fraction of sp³-hybridized carbons (Fsp3) is 0.296. The Kier molecular flexibility index (Phi) is 7.67. The summed E-state index contributed by atoms with van der Waals surface area (Å²) in [6.07, 6.45) is 0. The van der Waals surface area contributed by atoms with E-state index < -0.39 is 15.0 Å². The third-order valence-corrected chi connectivity index (χ3v) is 8.22. The Morgan fingerprint density at radius 2 is 1.61 bits per heavy atom. The Balaban J connectivity index is 2.19. The molecule has 0 spiro atoms. The lowest BCUT2D eigenvalue weighted by molar-refractivity contribution is 0.463. The number of rotatable bonds is 7. The van der Waals surface area contributed by atoms with Gasteiger partial charge < -0.3 is 13.9 Å². The van der Waals surface area contributed by atoms with Gasteiger partial charge in [0.2, 0.25) is 5.36 Å². The summed E-state index contributed by atoms with van der Waals surface area (Å²) in [7, 11) is -4.81. The van der Waals surface area contributed by atoms with Crippen LogP contribution in [-0.2, 0) is 10.1 Å². The van der Waals surface area contributed by atoms with Crippen LogP contribution in [0.4, 0.5) is 5.69 Å². The summed E-state index contributed by atoms with van der Waals surface area (Å²) in [4.78, 5) is 1.70. The Morgan fingerprint density at radius 1 is 0.917 bits per heavy atom. The molecule has 1 aliphatic heterocycles. The summed E-state index contributed by atoms with van der Waals surface area (Å²) >= 11 is 13.2. The number of anilines is 1. The minimum absolute atomic E-state index is 0.202. The highest BCUT2D eigenvalue weighted by atomic mass is 35.5. The Labute approximate surface area is 221 Å². The zero-order chi connectivity index (χ0) is 26.2. The summed E-state index contributed by atoms with van der Waals surface area (Å²) < 4.78 is 44.4. The van der Waals surface area contributed by atoms with Crippen LogP contribution in [-0.4, -0.2) is 39.1 Å². The van der Waals surface area contributed by atoms with Gasteiger partial charge in [-0.3, -0.25) is 0 Å². The second kappa shape index (κ2) is 10.4. The lowest BCUT2D eigenvalue weighted by Crippen LogP contribution is -2.29. The van der Waals surface area contributed by atoms with Crippen LogP contribution in [0.3, 0.4) is 0 Å². The summed E-state index contributed by atoms with van der Waals surface area (Å²) in [5.41, 5.74) is 3.20. The lowest BCUT2D eigenvalue weighted by atomic mass is 9.93.